The van der Waals surface area contributed by atoms with Crippen LogP contribution in [0.2, 0.25) is 0 Å². The van der Waals surface area contributed by atoms with Crippen molar-refractivity contribution in [3.05, 3.63) is 59.2 Å². The first-order valence-corrected chi connectivity index (χ1v) is 10.6. The first-order chi connectivity index (χ1) is 14.1. The van der Waals surface area contributed by atoms with Gasteiger partial charge in [0, 0.05) is 13.1 Å². The summed E-state index contributed by atoms with van der Waals surface area (Å²) in [4.78, 5) is 27.5. The van der Waals surface area contributed by atoms with Crippen LogP contribution in [0, 0.1) is 0 Å². The lowest BCUT2D eigenvalue weighted by Gasteiger charge is -2.22. The summed E-state index contributed by atoms with van der Waals surface area (Å²) in [5.74, 6) is 0.524. The Kier molecular flexibility index (Phi) is 5.84. The van der Waals surface area contributed by atoms with Gasteiger partial charge < -0.3 is 15.0 Å². The van der Waals surface area contributed by atoms with E-state index >= 15 is 0 Å². The molecule has 2 amide bonds. The van der Waals surface area contributed by atoms with Crippen molar-refractivity contribution in [2.75, 3.05) is 18.4 Å². The summed E-state index contributed by atoms with van der Waals surface area (Å²) >= 11 is 0. The van der Waals surface area contributed by atoms with Gasteiger partial charge in [0.25, 0.3) is 11.8 Å². The molecule has 2 aromatic rings. The maximum absolute atomic E-state index is 12.8. The minimum atomic E-state index is -0.654. The lowest BCUT2D eigenvalue weighted by Crippen LogP contribution is -2.33. The molecule has 2 aromatic carbocycles. The largest absolute Gasteiger partial charge is 0.481 e. The summed E-state index contributed by atoms with van der Waals surface area (Å²) < 4.78 is 6.04. The number of carbonyl (C=O) groups excluding carboxylic acids is 2. The number of rotatable bonds is 5. The van der Waals surface area contributed by atoms with Crippen LogP contribution in [0.5, 0.6) is 5.75 Å². The van der Waals surface area contributed by atoms with E-state index in [4.69, 9.17) is 4.74 Å². The van der Waals surface area contributed by atoms with Crippen LogP contribution in [0.3, 0.4) is 0 Å². The number of fused-ring (bicyclic) bond motifs is 1. The molecule has 0 saturated carbocycles. The van der Waals surface area contributed by atoms with Crippen LogP contribution in [0.4, 0.5) is 5.69 Å². The van der Waals surface area contributed by atoms with Gasteiger partial charge in [-0.25, -0.2) is 0 Å². The van der Waals surface area contributed by atoms with E-state index in [1.54, 1.807) is 19.1 Å². The summed E-state index contributed by atoms with van der Waals surface area (Å²) in [5, 5.41) is 2.90. The molecular formula is C24H28N2O3. The van der Waals surface area contributed by atoms with Gasteiger partial charge in [-0.3, -0.25) is 9.59 Å². The summed E-state index contributed by atoms with van der Waals surface area (Å²) in [6, 6.07) is 13.3. The predicted molar refractivity (Wildman–Crippen MR) is 113 cm³/mol. The quantitative estimate of drug-likeness (QED) is 0.829. The summed E-state index contributed by atoms with van der Waals surface area (Å²) in [7, 11) is 0. The van der Waals surface area contributed by atoms with Crippen LogP contribution in [0.25, 0.3) is 0 Å². The Morgan fingerprint density at radius 1 is 0.966 bits per heavy atom. The fourth-order valence-electron chi connectivity index (χ4n) is 4.20. The fraction of sp³-hybridized carbons (Fsp3) is 0.417. The topological polar surface area (TPSA) is 58.6 Å². The number of hydrogen-bond donors (Lipinski definition) is 1. The summed E-state index contributed by atoms with van der Waals surface area (Å²) in [5.41, 5.74) is 3.62. The number of carbonyl (C=O) groups is 2. The van der Waals surface area contributed by atoms with E-state index < -0.39 is 6.10 Å². The first-order valence-electron chi connectivity index (χ1n) is 10.6. The van der Waals surface area contributed by atoms with Crippen LogP contribution in [0.1, 0.15) is 54.1 Å². The van der Waals surface area contributed by atoms with E-state index in [-0.39, 0.29) is 11.8 Å². The highest BCUT2D eigenvalue weighted by Gasteiger charge is 2.24. The smallest absolute Gasteiger partial charge is 0.265 e. The Balaban J connectivity index is 1.47. The molecule has 1 N–H and O–H groups in total. The molecule has 152 valence electrons. The average molecular weight is 392 g/mol. The summed E-state index contributed by atoms with van der Waals surface area (Å²) in [6.45, 7) is 3.31. The van der Waals surface area contributed by atoms with Crippen molar-refractivity contribution in [3.63, 3.8) is 0 Å². The van der Waals surface area contributed by atoms with Crippen molar-refractivity contribution >= 4 is 17.5 Å². The lowest BCUT2D eigenvalue weighted by atomic mass is 9.91. The van der Waals surface area contributed by atoms with Gasteiger partial charge in [0.2, 0.25) is 0 Å². The minimum Gasteiger partial charge on any atom is -0.481 e. The molecule has 0 bridgehead atoms. The third-order valence-electron chi connectivity index (χ3n) is 5.83. The van der Waals surface area contributed by atoms with Gasteiger partial charge in [0.15, 0.2) is 6.10 Å². The number of anilines is 1. The van der Waals surface area contributed by atoms with Crippen molar-refractivity contribution in [2.45, 2.75) is 51.6 Å². The van der Waals surface area contributed by atoms with Crippen LogP contribution in [-0.2, 0) is 17.6 Å². The second-order valence-electron chi connectivity index (χ2n) is 7.90. The highest BCUT2D eigenvalue weighted by molar-refractivity contribution is 6.04. The zero-order chi connectivity index (χ0) is 20.2. The number of ether oxygens (including phenoxy) is 1. The number of amides is 2. The van der Waals surface area contributed by atoms with Crippen LogP contribution in [-0.4, -0.2) is 35.9 Å². The second kappa shape index (κ2) is 8.68. The molecule has 29 heavy (non-hydrogen) atoms. The number of benzene rings is 2. The Morgan fingerprint density at radius 2 is 1.72 bits per heavy atom. The molecular weight excluding hydrogens is 364 g/mol. The van der Waals surface area contributed by atoms with Gasteiger partial charge in [-0.2, -0.15) is 0 Å². The van der Waals surface area contributed by atoms with Gasteiger partial charge in [0.05, 0.1) is 11.3 Å². The number of hydrogen-bond acceptors (Lipinski definition) is 3. The van der Waals surface area contributed by atoms with Crippen molar-refractivity contribution in [2.24, 2.45) is 0 Å². The molecule has 1 fully saturated rings. The van der Waals surface area contributed by atoms with Crippen molar-refractivity contribution < 1.29 is 14.3 Å². The van der Waals surface area contributed by atoms with E-state index in [0.29, 0.717) is 11.3 Å². The molecule has 1 heterocycles. The molecule has 1 atom stereocenters. The van der Waals surface area contributed by atoms with Crippen molar-refractivity contribution in [3.8, 4) is 5.75 Å². The molecule has 1 unspecified atom stereocenters. The second-order valence-corrected chi connectivity index (χ2v) is 7.90. The van der Waals surface area contributed by atoms with Crippen LogP contribution >= 0.6 is 0 Å². The Labute approximate surface area is 172 Å². The van der Waals surface area contributed by atoms with Crippen LogP contribution < -0.4 is 10.1 Å². The van der Waals surface area contributed by atoms with Gasteiger partial charge >= 0.3 is 0 Å². The molecule has 5 heteroatoms. The van der Waals surface area contributed by atoms with E-state index in [9.17, 15) is 9.59 Å². The monoisotopic (exact) mass is 392 g/mol. The van der Waals surface area contributed by atoms with E-state index in [0.717, 1.165) is 50.9 Å². The highest BCUT2D eigenvalue weighted by atomic mass is 16.5. The lowest BCUT2D eigenvalue weighted by molar-refractivity contribution is -0.122. The molecule has 2 aliphatic rings. The number of nitrogens with zero attached hydrogens (tertiary/aromatic N) is 1. The van der Waals surface area contributed by atoms with Gasteiger partial charge in [-0.15, -0.1) is 0 Å². The minimum absolute atomic E-state index is 0.0240. The van der Waals surface area contributed by atoms with Gasteiger partial charge in [-0.1, -0.05) is 24.3 Å². The molecule has 5 nitrogen and oxygen atoms in total. The van der Waals surface area contributed by atoms with Crippen LogP contribution in [0.15, 0.2) is 42.5 Å². The van der Waals surface area contributed by atoms with Gasteiger partial charge in [0.1, 0.15) is 5.75 Å². The zero-order valence-corrected chi connectivity index (χ0v) is 16.9. The first kappa shape index (κ1) is 19.5. The molecule has 0 aromatic heterocycles. The van der Waals surface area contributed by atoms with Crippen molar-refractivity contribution in [1.82, 2.24) is 4.90 Å². The SMILES string of the molecule is CC(Oc1cccc2c1CCCC2)C(=O)Nc1ccccc1C(=O)N1CCCC1. The number of para-hydroxylation sites is 1. The third kappa shape index (κ3) is 4.29. The maximum atomic E-state index is 12.8. The Morgan fingerprint density at radius 3 is 2.55 bits per heavy atom. The Bertz CT molecular complexity index is 903. The third-order valence-corrected chi connectivity index (χ3v) is 5.83. The Hall–Kier alpha value is -2.82. The highest BCUT2D eigenvalue weighted by Crippen LogP contribution is 2.30. The molecule has 1 aliphatic carbocycles. The fourth-order valence-corrected chi connectivity index (χ4v) is 4.20. The number of likely N-dealkylation sites (tertiary alicyclic amines) is 1. The predicted octanol–water partition coefficient (Wildman–Crippen LogP) is 4.21. The molecule has 0 spiro atoms. The van der Waals surface area contributed by atoms with E-state index in [1.807, 2.05) is 29.2 Å². The molecule has 1 saturated heterocycles. The molecule has 4 rings (SSSR count). The molecule has 0 radical (unpaired) electrons. The zero-order valence-electron chi connectivity index (χ0n) is 16.9. The van der Waals surface area contributed by atoms with E-state index in [2.05, 4.69) is 11.4 Å². The molecule has 1 aliphatic heterocycles. The number of aryl methyl sites for hydroxylation is 1. The maximum Gasteiger partial charge on any atom is 0.265 e. The summed E-state index contributed by atoms with van der Waals surface area (Å²) in [6.07, 6.45) is 5.83. The number of nitrogens with one attached hydrogen (secondary N) is 1. The van der Waals surface area contributed by atoms with E-state index in [1.165, 1.54) is 17.5 Å². The van der Waals surface area contributed by atoms with Crippen molar-refractivity contribution in [1.29, 1.82) is 0 Å². The average Bonchev–Trinajstić information content (AvgIpc) is 3.29. The van der Waals surface area contributed by atoms with Gasteiger partial charge in [-0.05, 0) is 74.8 Å². The standard InChI is InChI=1S/C24H28N2O3/c1-17(29-22-14-8-10-18-9-2-3-11-19(18)22)23(27)25-21-13-5-4-12-20(21)24(28)26-15-6-7-16-26/h4-5,8,10,12-14,17H,2-3,6-7,9,11,15-16H2,1H3,(H,25,27). The normalized spacial score (nSPS) is 16.8.